The van der Waals surface area contributed by atoms with Crippen LogP contribution in [-0.2, 0) is 5.41 Å². The zero-order valence-electron chi connectivity index (χ0n) is 33.1. The number of nitrogens with zero attached hydrogens (tertiary/aromatic N) is 4. The Morgan fingerprint density at radius 2 is 0.721 bits per heavy atom. The number of benzene rings is 8. The third-order valence-corrected chi connectivity index (χ3v) is 12.4. The smallest absolute Gasteiger partial charge is 0.164 e. The van der Waals surface area contributed by atoms with E-state index in [-0.39, 0.29) is 5.41 Å². The highest BCUT2D eigenvalue weighted by molar-refractivity contribution is 6.00. The van der Waals surface area contributed by atoms with Crippen LogP contribution in [0.3, 0.4) is 0 Å². The second-order valence-electron chi connectivity index (χ2n) is 15.7. The lowest BCUT2D eigenvalue weighted by atomic mass is 9.70. The summed E-state index contributed by atoms with van der Waals surface area (Å²) < 4.78 is 0. The molecule has 4 heteroatoms. The van der Waals surface area contributed by atoms with Gasteiger partial charge in [-0.25, -0.2) is 15.0 Å². The van der Waals surface area contributed by atoms with Crippen molar-refractivity contribution in [2.45, 2.75) is 5.41 Å². The third kappa shape index (κ3) is 5.53. The maximum Gasteiger partial charge on any atom is 0.164 e. The van der Waals surface area contributed by atoms with E-state index in [0.717, 1.165) is 39.1 Å². The second kappa shape index (κ2) is 14.0. The topological polar surface area (TPSA) is 51.6 Å². The molecule has 2 aliphatic carbocycles. The first-order valence-electron chi connectivity index (χ1n) is 20.7. The predicted octanol–water partition coefficient (Wildman–Crippen LogP) is 13.6. The summed E-state index contributed by atoms with van der Waals surface area (Å²) in [5.74, 6) is 1.87. The van der Waals surface area contributed by atoms with Crippen molar-refractivity contribution in [1.82, 2.24) is 19.9 Å². The number of hydrogen-bond donors (Lipinski definition) is 0. The lowest BCUT2D eigenvalue weighted by Crippen LogP contribution is -2.25. The van der Waals surface area contributed by atoms with Gasteiger partial charge in [0.1, 0.15) is 0 Å². The van der Waals surface area contributed by atoms with Crippen molar-refractivity contribution in [3.05, 3.63) is 241 Å². The van der Waals surface area contributed by atoms with Crippen molar-refractivity contribution < 1.29 is 0 Å². The van der Waals surface area contributed by atoms with Crippen molar-refractivity contribution >= 4 is 0 Å². The van der Waals surface area contributed by atoms with Gasteiger partial charge in [-0.05, 0) is 91.0 Å². The molecule has 12 rings (SSSR count). The Bertz CT molecular complexity index is 3260. The van der Waals surface area contributed by atoms with Crippen LogP contribution in [0.2, 0.25) is 0 Å². The van der Waals surface area contributed by atoms with Crippen molar-refractivity contribution in [3.63, 3.8) is 0 Å². The second-order valence-corrected chi connectivity index (χ2v) is 15.7. The van der Waals surface area contributed by atoms with Crippen molar-refractivity contribution in [3.8, 4) is 89.9 Å². The molecule has 1 spiro atoms. The SMILES string of the molecule is c1ccc(-c2nc(-c3ccc(-c4ccccn4)cc3)nc(-c3cccc(-c4cccc(-c5cccc6c5-c5ccccc5C65c6ccccc6-c6ccccc65)c4)c3)n2)cc1. The van der Waals surface area contributed by atoms with E-state index in [1.807, 2.05) is 54.7 Å². The zero-order chi connectivity index (χ0) is 40.3. The van der Waals surface area contributed by atoms with Crippen molar-refractivity contribution in [2.24, 2.45) is 0 Å². The number of hydrogen-bond acceptors (Lipinski definition) is 4. The van der Waals surface area contributed by atoms with Gasteiger partial charge in [0.15, 0.2) is 17.5 Å². The average Bonchev–Trinajstić information content (AvgIpc) is 3.82. The monoisotopic (exact) mass is 776 g/mol. The molecule has 8 aromatic carbocycles. The normalized spacial score (nSPS) is 12.7. The van der Waals surface area contributed by atoms with Crippen LogP contribution in [0.4, 0.5) is 0 Å². The Hall–Kier alpha value is -8.08. The first-order chi connectivity index (χ1) is 30.2. The molecule has 0 unspecified atom stereocenters. The van der Waals surface area contributed by atoms with Gasteiger partial charge in [-0.15, -0.1) is 0 Å². The molecule has 0 N–H and O–H groups in total. The van der Waals surface area contributed by atoms with Gasteiger partial charge in [0.25, 0.3) is 0 Å². The molecule has 10 aromatic rings. The summed E-state index contributed by atoms with van der Waals surface area (Å²) in [7, 11) is 0. The zero-order valence-corrected chi connectivity index (χ0v) is 33.1. The Balaban J connectivity index is 0.962. The predicted molar refractivity (Wildman–Crippen MR) is 247 cm³/mol. The summed E-state index contributed by atoms with van der Waals surface area (Å²) in [6, 6.07) is 75.7. The van der Waals surface area contributed by atoms with Crippen LogP contribution in [-0.4, -0.2) is 19.9 Å². The van der Waals surface area contributed by atoms with E-state index in [0.29, 0.717) is 17.5 Å². The standard InChI is InChI=1S/C57H36N4/c1-2-15-38(16-3-1)54-59-55(39-32-30-37(31-33-39)52-29-10-11-34-58-52)61-56(60-54)43-20-13-18-41(36-43)40-17-12-19-42(35-40)44-24-14-28-51-53(44)47-23-6-9-27-50(47)57(51)48-25-7-4-21-45(48)46-22-5-8-26-49(46)57/h1-36H. The fourth-order valence-corrected chi connectivity index (χ4v) is 9.76. The number of pyridine rings is 1. The Labute approximate surface area is 354 Å². The minimum atomic E-state index is -0.385. The van der Waals surface area contributed by atoms with Gasteiger partial charge in [0, 0.05) is 28.5 Å². The maximum atomic E-state index is 5.09. The lowest BCUT2D eigenvalue weighted by molar-refractivity contribution is 0.794. The molecule has 2 heterocycles. The molecule has 0 saturated carbocycles. The molecular formula is C57H36N4. The quantitative estimate of drug-likeness (QED) is 0.169. The first kappa shape index (κ1) is 34.9. The molecule has 0 aliphatic heterocycles. The van der Waals surface area contributed by atoms with Crippen LogP contribution in [0.5, 0.6) is 0 Å². The van der Waals surface area contributed by atoms with E-state index in [1.165, 1.54) is 55.6 Å². The molecule has 2 aromatic heterocycles. The van der Waals surface area contributed by atoms with Gasteiger partial charge in [0.2, 0.25) is 0 Å². The van der Waals surface area contributed by atoms with Gasteiger partial charge in [-0.3, -0.25) is 4.98 Å². The Kier molecular flexibility index (Phi) is 8.04. The van der Waals surface area contributed by atoms with E-state index in [9.17, 15) is 0 Å². The van der Waals surface area contributed by atoms with E-state index < -0.39 is 0 Å². The summed E-state index contributed by atoms with van der Waals surface area (Å²) in [6.45, 7) is 0. The average molecular weight is 777 g/mol. The number of rotatable bonds is 6. The van der Waals surface area contributed by atoms with Crippen LogP contribution in [0.15, 0.2) is 219 Å². The summed E-state index contributed by atoms with van der Waals surface area (Å²) in [5.41, 5.74) is 19.5. The Morgan fingerprint density at radius 1 is 0.279 bits per heavy atom. The van der Waals surface area contributed by atoms with Crippen LogP contribution >= 0.6 is 0 Å². The molecule has 284 valence electrons. The minimum Gasteiger partial charge on any atom is -0.256 e. The summed E-state index contributed by atoms with van der Waals surface area (Å²) in [4.78, 5) is 19.7. The lowest BCUT2D eigenvalue weighted by Gasteiger charge is -2.30. The molecule has 0 radical (unpaired) electrons. The van der Waals surface area contributed by atoms with Crippen molar-refractivity contribution in [1.29, 1.82) is 0 Å². The van der Waals surface area contributed by atoms with Crippen LogP contribution in [0.1, 0.15) is 22.3 Å². The molecule has 2 aliphatic rings. The van der Waals surface area contributed by atoms with Crippen LogP contribution in [0.25, 0.3) is 89.9 Å². The van der Waals surface area contributed by atoms with E-state index in [4.69, 9.17) is 15.0 Å². The molecule has 4 nitrogen and oxygen atoms in total. The van der Waals surface area contributed by atoms with Crippen LogP contribution in [0, 0.1) is 0 Å². The van der Waals surface area contributed by atoms with E-state index in [2.05, 4.69) is 169 Å². The molecular weight excluding hydrogens is 741 g/mol. The highest BCUT2D eigenvalue weighted by Crippen LogP contribution is 2.63. The van der Waals surface area contributed by atoms with Gasteiger partial charge < -0.3 is 0 Å². The van der Waals surface area contributed by atoms with Gasteiger partial charge >= 0.3 is 0 Å². The molecule has 0 saturated heterocycles. The molecule has 0 bridgehead atoms. The molecule has 0 fully saturated rings. The summed E-state index contributed by atoms with van der Waals surface area (Å²) in [6.07, 6.45) is 1.81. The molecule has 61 heavy (non-hydrogen) atoms. The Morgan fingerprint density at radius 3 is 1.38 bits per heavy atom. The summed E-state index contributed by atoms with van der Waals surface area (Å²) >= 11 is 0. The van der Waals surface area contributed by atoms with Gasteiger partial charge in [-0.1, -0.05) is 188 Å². The highest BCUT2D eigenvalue weighted by atomic mass is 15.0. The third-order valence-electron chi connectivity index (χ3n) is 12.4. The molecule has 0 atom stereocenters. The fourth-order valence-electron chi connectivity index (χ4n) is 9.76. The van der Waals surface area contributed by atoms with Crippen molar-refractivity contribution in [2.75, 3.05) is 0 Å². The number of fused-ring (bicyclic) bond motifs is 10. The highest BCUT2D eigenvalue weighted by Gasteiger charge is 2.51. The molecule has 0 amide bonds. The maximum absolute atomic E-state index is 5.09. The minimum absolute atomic E-state index is 0.385. The van der Waals surface area contributed by atoms with Gasteiger partial charge in [0.05, 0.1) is 11.1 Å². The number of aromatic nitrogens is 4. The summed E-state index contributed by atoms with van der Waals surface area (Å²) in [5, 5.41) is 0. The van der Waals surface area contributed by atoms with Gasteiger partial charge in [-0.2, -0.15) is 0 Å². The van der Waals surface area contributed by atoms with E-state index in [1.54, 1.807) is 0 Å². The largest absolute Gasteiger partial charge is 0.256 e. The fraction of sp³-hybridized carbons (Fsp3) is 0.0175. The first-order valence-corrected chi connectivity index (χ1v) is 20.7. The van der Waals surface area contributed by atoms with E-state index >= 15 is 0 Å². The van der Waals surface area contributed by atoms with Crippen LogP contribution < -0.4 is 0 Å².